The van der Waals surface area contributed by atoms with E-state index in [1.807, 2.05) is 74.4 Å². The largest absolute Gasteiger partial charge is 0.497 e. The molecule has 37 heavy (non-hydrogen) atoms. The first-order valence-corrected chi connectivity index (χ1v) is 12.4. The Morgan fingerprint density at radius 3 is 2.46 bits per heavy atom. The zero-order valence-electron chi connectivity index (χ0n) is 21.4. The number of benzene rings is 1. The van der Waals surface area contributed by atoms with Gasteiger partial charge in [0.05, 0.1) is 38.0 Å². The molecule has 4 heterocycles. The van der Waals surface area contributed by atoms with Gasteiger partial charge in [0.15, 0.2) is 5.65 Å². The Hall–Kier alpha value is -3.96. The van der Waals surface area contributed by atoms with Gasteiger partial charge >= 0.3 is 0 Å². The molecule has 0 radical (unpaired) electrons. The van der Waals surface area contributed by atoms with E-state index in [4.69, 9.17) is 19.4 Å². The number of fused-ring (bicyclic) bond motifs is 1. The van der Waals surface area contributed by atoms with E-state index in [-0.39, 0.29) is 5.92 Å². The standard InChI is InChI=1S/C26H28N8O2S/c1-32(2)37-34-9-8-27-25(34)13-21(17-10-19(35-4)12-20(11-17)36-5)22-6-7-23-26(30-22)31-24(15-28-23)18-14-29-33(3)16-18/h6-12,14-16,21H,13H2,1-5H3. The first-order chi connectivity index (χ1) is 17.9. The van der Waals surface area contributed by atoms with Crippen LogP contribution in [0.2, 0.25) is 0 Å². The summed E-state index contributed by atoms with van der Waals surface area (Å²) in [7, 11) is 9.18. The van der Waals surface area contributed by atoms with Crippen molar-refractivity contribution in [1.82, 2.24) is 38.0 Å². The third kappa shape index (κ3) is 5.42. The van der Waals surface area contributed by atoms with Crippen LogP contribution in [0.1, 0.15) is 23.0 Å². The van der Waals surface area contributed by atoms with Crippen LogP contribution < -0.4 is 9.47 Å². The van der Waals surface area contributed by atoms with E-state index in [0.717, 1.165) is 33.9 Å². The Kier molecular flexibility index (Phi) is 7.06. The van der Waals surface area contributed by atoms with Gasteiger partial charge in [-0.1, -0.05) is 0 Å². The molecule has 0 aliphatic heterocycles. The molecule has 0 aliphatic rings. The van der Waals surface area contributed by atoms with Crippen molar-refractivity contribution in [3.8, 4) is 22.8 Å². The predicted octanol–water partition coefficient (Wildman–Crippen LogP) is 3.99. The first-order valence-electron chi connectivity index (χ1n) is 11.7. The van der Waals surface area contributed by atoms with Crippen molar-refractivity contribution in [1.29, 1.82) is 0 Å². The molecule has 0 fully saturated rings. The maximum atomic E-state index is 5.57. The fourth-order valence-electron chi connectivity index (χ4n) is 4.12. The highest BCUT2D eigenvalue weighted by Gasteiger charge is 2.22. The van der Waals surface area contributed by atoms with Crippen molar-refractivity contribution in [2.24, 2.45) is 7.05 Å². The second-order valence-electron chi connectivity index (χ2n) is 8.70. The van der Waals surface area contributed by atoms with Gasteiger partial charge in [-0.15, -0.1) is 0 Å². The molecule has 0 saturated carbocycles. The number of ether oxygens (including phenoxy) is 2. The zero-order chi connectivity index (χ0) is 25.9. The van der Waals surface area contributed by atoms with E-state index in [0.29, 0.717) is 23.6 Å². The van der Waals surface area contributed by atoms with Gasteiger partial charge in [0.1, 0.15) is 22.8 Å². The Morgan fingerprint density at radius 1 is 1.00 bits per heavy atom. The molecule has 4 aromatic heterocycles. The molecule has 0 spiro atoms. The van der Waals surface area contributed by atoms with E-state index < -0.39 is 0 Å². The van der Waals surface area contributed by atoms with Crippen molar-refractivity contribution in [2.75, 3.05) is 28.3 Å². The molecular formula is C26H28N8O2S. The van der Waals surface area contributed by atoms with Crippen LogP contribution >= 0.6 is 12.1 Å². The summed E-state index contributed by atoms with van der Waals surface area (Å²) in [6, 6.07) is 9.86. The van der Waals surface area contributed by atoms with Crippen molar-refractivity contribution in [3.63, 3.8) is 0 Å². The summed E-state index contributed by atoms with van der Waals surface area (Å²) < 4.78 is 17.0. The van der Waals surface area contributed by atoms with Crippen LogP contribution in [0.4, 0.5) is 0 Å². The summed E-state index contributed by atoms with van der Waals surface area (Å²) in [5, 5.41) is 4.25. The molecular weight excluding hydrogens is 488 g/mol. The highest BCUT2D eigenvalue weighted by atomic mass is 32.2. The fraction of sp³-hybridized carbons (Fsp3) is 0.269. The molecule has 0 N–H and O–H groups in total. The molecule has 5 rings (SSSR count). The highest BCUT2D eigenvalue weighted by molar-refractivity contribution is 7.95. The first kappa shape index (κ1) is 24.7. The smallest absolute Gasteiger partial charge is 0.179 e. The van der Waals surface area contributed by atoms with Crippen molar-refractivity contribution in [3.05, 3.63) is 78.4 Å². The average molecular weight is 517 g/mol. The number of imidazole rings is 1. The molecule has 1 aromatic carbocycles. The maximum Gasteiger partial charge on any atom is 0.179 e. The molecule has 0 saturated heterocycles. The van der Waals surface area contributed by atoms with Crippen LogP contribution in [0.15, 0.2) is 61.3 Å². The molecule has 0 bridgehead atoms. The van der Waals surface area contributed by atoms with Gasteiger partial charge in [-0.25, -0.2) is 19.3 Å². The molecule has 10 nitrogen and oxygen atoms in total. The molecule has 0 aliphatic carbocycles. The second-order valence-corrected chi connectivity index (χ2v) is 9.99. The van der Waals surface area contributed by atoms with Crippen molar-refractivity contribution < 1.29 is 9.47 Å². The lowest BCUT2D eigenvalue weighted by atomic mass is 9.91. The number of hydrogen-bond acceptors (Lipinski definition) is 9. The third-order valence-corrected chi connectivity index (χ3v) is 6.72. The molecule has 1 atom stereocenters. The van der Waals surface area contributed by atoms with Crippen LogP contribution in [0.5, 0.6) is 11.5 Å². The lowest BCUT2D eigenvalue weighted by Gasteiger charge is -2.20. The Bertz CT molecular complexity index is 1510. The summed E-state index contributed by atoms with van der Waals surface area (Å²) in [6.45, 7) is 0. The van der Waals surface area contributed by atoms with Gasteiger partial charge in [0, 0.05) is 61.7 Å². The minimum Gasteiger partial charge on any atom is -0.497 e. The van der Waals surface area contributed by atoms with Crippen LogP contribution in [0.25, 0.3) is 22.4 Å². The van der Waals surface area contributed by atoms with Gasteiger partial charge in [0.2, 0.25) is 0 Å². The number of nitrogens with zero attached hydrogens (tertiary/aromatic N) is 8. The molecule has 0 amide bonds. The van der Waals surface area contributed by atoms with Crippen molar-refractivity contribution >= 4 is 23.3 Å². The summed E-state index contributed by atoms with van der Waals surface area (Å²) in [5.41, 5.74) is 4.77. The maximum absolute atomic E-state index is 5.57. The molecule has 1 unspecified atom stereocenters. The average Bonchev–Trinajstić information content (AvgIpc) is 3.54. The minimum atomic E-state index is -0.138. The number of hydrogen-bond donors (Lipinski definition) is 0. The van der Waals surface area contributed by atoms with Gasteiger partial charge in [-0.2, -0.15) is 5.10 Å². The summed E-state index contributed by atoms with van der Waals surface area (Å²) in [6.07, 6.45) is 9.82. The lowest BCUT2D eigenvalue weighted by molar-refractivity contribution is 0.393. The lowest BCUT2D eigenvalue weighted by Crippen LogP contribution is -2.13. The Morgan fingerprint density at radius 2 is 1.78 bits per heavy atom. The van der Waals surface area contributed by atoms with Crippen LogP contribution in [0, 0.1) is 0 Å². The SMILES string of the molecule is COc1cc(OC)cc(C(Cc2nccn2SN(C)C)c2ccc3ncc(-c4cnn(C)c4)nc3n2)c1. The number of pyridine rings is 1. The molecule has 5 aromatic rings. The van der Waals surface area contributed by atoms with Gasteiger partial charge in [0.25, 0.3) is 0 Å². The van der Waals surface area contributed by atoms with E-state index in [2.05, 4.69) is 19.0 Å². The summed E-state index contributed by atoms with van der Waals surface area (Å²) >= 11 is 1.57. The number of aromatic nitrogens is 7. The highest BCUT2D eigenvalue weighted by Crippen LogP contribution is 2.34. The van der Waals surface area contributed by atoms with Gasteiger partial charge < -0.3 is 9.47 Å². The van der Waals surface area contributed by atoms with Crippen LogP contribution in [0.3, 0.4) is 0 Å². The third-order valence-electron chi connectivity index (χ3n) is 5.88. The van der Waals surface area contributed by atoms with Gasteiger partial charge in [-0.05, 0) is 43.9 Å². The number of rotatable bonds is 9. The predicted molar refractivity (Wildman–Crippen MR) is 144 cm³/mol. The Labute approximate surface area is 219 Å². The van der Waals surface area contributed by atoms with Crippen molar-refractivity contribution in [2.45, 2.75) is 12.3 Å². The van der Waals surface area contributed by atoms with E-state index >= 15 is 0 Å². The summed E-state index contributed by atoms with van der Waals surface area (Å²) in [5.74, 6) is 2.21. The fourth-order valence-corrected chi connectivity index (χ4v) is 4.80. The van der Waals surface area contributed by atoms with E-state index in [1.54, 1.807) is 43.4 Å². The monoisotopic (exact) mass is 516 g/mol. The summed E-state index contributed by atoms with van der Waals surface area (Å²) in [4.78, 5) is 19.0. The van der Waals surface area contributed by atoms with Crippen LogP contribution in [-0.4, -0.2) is 66.3 Å². The van der Waals surface area contributed by atoms with E-state index in [1.165, 1.54) is 0 Å². The number of aryl methyl sites for hydroxylation is 1. The Balaban J connectivity index is 1.61. The normalized spacial score (nSPS) is 12.3. The molecule has 190 valence electrons. The van der Waals surface area contributed by atoms with Gasteiger partial charge in [-0.3, -0.25) is 13.6 Å². The zero-order valence-corrected chi connectivity index (χ0v) is 22.2. The topological polar surface area (TPSA) is 96.0 Å². The molecule has 11 heteroatoms. The second kappa shape index (κ2) is 10.6. The quantitative estimate of drug-likeness (QED) is 0.270. The number of methoxy groups -OCH3 is 2. The van der Waals surface area contributed by atoms with E-state index in [9.17, 15) is 0 Å². The minimum absolute atomic E-state index is 0.138. The van der Waals surface area contributed by atoms with Crippen LogP contribution in [-0.2, 0) is 13.5 Å².